The third-order valence-corrected chi connectivity index (χ3v) is 5.40. The van der Waals surface area contributed by atoms with E-state index in [2.05, 4.69) is 16.4 Å². The summed E-state index contributed by atoms with van der Waals surface area (Å²) >= 11 is 0. The normalized spacial score (nSPS) is 16.2. The summed E-state index contributed by atoms with van der Waals surface area (Å²) in [4.78, 5) is 16.1. The molecule has 1 saturated heterocycles. The monoisotopic (exact) mass is 416 g/mol. The highest BCUT2D eigenvalue weighted by molar-refractivity contribution is 5.78. The van der Waals surface area contributed by atoms with Gasteiger partial charge in [-0.2, -0.15) is 14.9 Å². The van der Waals surface area contributed by atoms with Crippen LogP contribution in [0.15, 0.2) is 36.4 Å². The second-order valence-electron chi connectivity index (χ2n) is 7.61. The van der Waals surface area contributed by atoms with Crippen LogP contribution in [0.3, 0.4) is 0 Å². The maximum Gasteiger partial charge on any atom is 0.160 e. The maximum atomic E-state index is 13.8. The van der Waals surface area contributed by atoms with Crippen molar-refractivity contribution in [3.63, 3.8) is 0 Å². The smallest absolute Gasteiger partial charge is 0.160 e. The topological polar surface area (TPSA) is 95.0 Å². The molecule has 4 heterocycles. The molecule has 0 saturated carbocycles. The van der Waals surface area contributed by atoms with E-state index < -0.39 is 6.17 Å². The van der Waals surface area contributed by atoms with Crippen LogP contribution in [0.5, 0.6) is 0 Å². The van der Waals surface area contributed by atoms with Gasteiger partial charge >= 0.3 is 0 Å². The van der Waals surface area contributed by atoms with Crippen LogP contribution in [0.25, 0.3) is 28.1 Å². The molecule has 3 aromatic heterocycles. The van der Waals surface area contributed by atoms with Gasteiger partial charge in [0.2, 0.25) is 0 Å². The predicted molar refractivity (Wildman–Crippen MR) is 117 cm³/mol. The molecule has 0 radical (unpaired) electrons. The first kappa shape index (κ1) is 19.2. The molecule has 1 aliphatic heterocycles. The summed E-state index contributed by atoms with van der Waals surface area (Å²) in [5, 5.41) is 16.9. The number of anilines is 2. The van der Waals surface area contributed by atoms with E-state index in [1.807, 2.05) is 48.2 Å². The van der Waals surface area contributed by atoms with Gasteiger partial charge in [-0.1, -0.05) is 12.1 Å². The molecule has 31 heavy (non-hydrogen) atoms. The van der Waals surface area contributed by atoms with Gasteiger partial charge in [-0.3, -0.25) is 0 Å². The second-order valence-corrected chi connectivity index (χ2v) is 7.61. The minimum atomic E-state index is -0.843. The fourth-order valence-electron chi connectivity index (χ4n) is 3.87. The Morgan fingerprint density at radius 2 is 2.00 bits per heavy atom. The quantitative estimate of drug-likeness (QED) is 0.497. The first-order chi connectivity index (χ1) is 15.1. The zero-order chi connectivity index (χ0) is 21.4. The molecule has 0 aliphatic carbocycles. The average Bonchev–Trinajstić information content (AvgIpc) is 3.39. The van der Waals surface area contributed by atoms with Crippen LogP contribution >= 0.6 is 0 Å². The molecule has 0 bridgehead atoms. The van der Waals surface area contributed by atoms with E-state index in [-0.39, 0.29) is 0 Å². The van der Waals surface area contributed by atoms with Crippen molar-refractivity contribution < 1.29 is 4.39 Å². The number of benzene rings is 1. The fourth-order valence-corrected chi connectivity index (χ4v) is 3.87. The minimum absolute atomic E-state index is 0.330. The number of alkyl halides is 1. The van der Waals surface area contributed by atoms with E-state index in [1.165, 1.54) is 0 Å². The number of nitriles is 1. The van der Waals surface area contributed by atoms with Gasteiger partial charge in [0.25, 0.3) is 0 Å². The fraction of sp³-hybridized carbons (Fsp3) is 0.318. The molecule has 9 heteroatoms. The lowest BCUT2D eigenvalue weighted by Gasteiger charge is -2.18. The number of aromatic nitrogens is 5. The largest absolute Gasteiger partial charge is 0.369 e. The summed E-state index contributed by atoms with van der Waals surface area (Å²) in [5.74, 6) is 1.40. The molecule has 4 aromatic rings. The highest BCUT2D eigenvalue weighted by Gasteiger charge is 2.24. The van der Waals surface area contributed by atoms with Crippen LogP contribution in [-0.2, 0) is 0 Å². The van der Waals surface area contributed by atoms with E-state index in [1.54, 1.807) is 4.52 Å². The van der Waals surface area contributed by atoms with Crippen molar-refractivity contribution in [2.45, 2.75) is 25.9 Å². The number of aryl methyl sites for hydroxylation is 1. The molecule has 0 amide bonds. The summed E-state index contributed by atoms with van der Waals surface area (Å²) < 4.78 is 15.5. The van der Waals surface area contributed by atoms with Gasteiger partial charge in [0.15, 0.2) is 5.65 Å². The van der Waals surface area contributed by atoms with E-state index >= 15 is 0 Å². The van der Waals surface area contributed by atoms with Crippen LogP contribution in [-0.4, -0.2) is 50.4 Å². The van der Waals surface area contributed by atoms with Crippen LogP contribution in [0.1, 0.15) is 18.5 Å². The first-order valence-corrected chi connectivity index (χ1v) is 10.3. The third-order valence-electron chi connectivity index (χ3n) is 5.40. The average molecular weight is 416 g/mol. The van der Waals surface area contributed by atoms with Gasteiger partial charge in [-0.05, 0) is 25.5 Å². The summed E-state index contributed by atoms with van der Waals surface area (Å²) in [6.45, 7) is 3.34. The lowest BCUT2D eigenvalue weighted by Crippen LogP contribution is -2.22. The number of nitrogens with one attached hydrogen (secondary N) is 1. The SMILES string of the molecule is Cc1nc2ccccc2nc1-c1cc2nc(N3CC[C@@H](F)C3)cc(NCCC#N)n2n1. The Hall–Kier alpha value is -3.80. The van der Waals surface area contributed by atoms with Gasteiger partial charge < -0.3 is 10.2 Å². The van der Waals surface area contributed by atoms with Crippen LogP contribution in [0.4, 0.5) is 16.0 Å². The Bertz CT molecular complexity index is 1310. The van der Waals surface area contributed by atoms with Crippen molar-refractivity contribution in [2.24, 2.45) is 0 Å². The number of hydrogen-bond donors (Lipinski definition) is 1. The Kier molecular flexibility index (Phi) is 4.82. The first-order valence-electron chi connectivity index (χ1n) is 10.3. The molecule has 1 aliphatic rings. The van der Waals surface area contributed by atoms with Crippen molar-refractivity contribution in [2.75, 3.05) is 29.9 Å². The van der Waals surface area contributed by atoms with E-state index in [9.17, 15) is 4.39 Å². The molecule has 5 rings (SSSR count). The van der Waals surface area contributed by atoms with Crippen molar-refractivity contribution in [1.82, 2.24) is 24.6 Å². The van der Waals surface area contributed by atoms with Crippen LogP contribution in [0, 0.1) is 18.3 Å². The predicted octanol–water partition coefficient (Wildman–Crippen LogP) is 3.52. The number of rotatable bonds is 5. The zero-order valence-corrected chi connectivity index (χ0v) is 17.1. The Balaban J connectivity index is 1.61. The van der Waals surface area contributed by atoms with Gasteiger partial charge in [0.05, 0.1) is 35.8 Å². The summed E-state index contributed by atoms with van der Waals surface area (Å²) in [7, 11) is 0. The van der Waals surface area contributed by atoms with E-state index in [4.69, 9.17) is 20.3 Å². The van der Waals surface area contributed by atoms with E-state index in [0.29, 0.717) is 61.1 Å². The maximum absolute atomic E-state index is 13.8. The number of hydrogen-bond acceptors (Lipinski definition) is 7. The molecule has 0 spiro atoms. The highest BCUT2D eigenvalue weighted by atomic mass is 19.1. The highest BCUT2D eigenvalue weighted by Crippen LogP contribution is 2.28. The van der Waals surface area contributed by atoms with Gasteiger partial charge in [-0.15, -0.1) is 0 Å². The molecule has 156 valence electrons. The van der Waals surface area contributed by atoms with Gasteiger partial charge in [0.1, 0.15) is 29.2 Å². The summed E-state index contributed by atoms with van der Waals surface area (Å²) in [5.41, 5.74) is 4.39. The van der Waals surface area contributed by atoms with Crippen LogP contribution in [0.2, 0.25) is 0 Å². The zero-order valence-electron chi connectivity index (χ0n) is 17.1. The van der Waals surface area contributed by atoms with Crippen LogP contribution < -0.4 is 10.2 Å². The van der Waals surface area contributed by atoms with Crippen molar-refractivity contribution in [3.05, 3.63) is 42.1 Å². The Labute approximate surface area is 178 Å². The molecule has 8 nitrogen and oxygen atoms in total. The molecular weight excluding hydrogens is 395 g/mol. The van der Waals surface area contributed by atoms with Gasteiger partial charge in [-0.25, -0.2) is 19.3 Å². The number of para-hydroxylation sites is 2. The van der Waals surface area contributed by atoms with Crippen molar-refractivity contribution in [3.8, 4) is 17.5 Å². The third kappa shape index (κ3) is 3.61. The molecule has 1 aromatic carbocycles. The van der Waals surface area contributed by atoms with Crippen molar-refractivity contribution in [1.29, 1.82) is 5.26 Å². The molecule has 1 atom stereocenters. The number of halogens is 1. The van der Waals surface area contributed by atoms with Gasteiger partial charge in [0, 0.05) is 25.2 Å². The standard InChI is InChI=1S/C22H21FN8/c1-14-22(27-17-6-3-2-5-16(17)26-14)18-11-21-28-20(30-10-7-15(23)13-30)12-19(31(21)29-18)25-9-4-8-24/h2-3,5-6,11-12,15,25H,4,7,9-10,13H2,1H3/t15-/m1/s1. The lowest BCUT2D eigenvalue weighted by atomic mass is 10.2. The second kappa shape index (κ2) is 7.80. The minimum Gasteiger partial charge on any atom is -0.369 e. The number of nitrogens with zero attached hydrogens (tertiary/aromatic N) is 7. The Morgan fingerprint density at radius 1 is 1.19 bits per heavy atom. The summed E-state index contributed by atoms with van der Waals surface area (Å²) in [6, 6.07) is 13.6. The van der Waals surface area contributed by atoms with E-state index in [0.717, 1.165) is 16.7 Å². The molecular formula is C22H21FN8. The lowest BCUT2D eigenvalue weighted by molar-refractivity contribution is 0.364. The van der Waals surface area contributed by atoms with Crippen molar-refractivity contribution >= 4 is 28.3 Å². The molecule has 1 fully saturated rings. The molecule has 1 N–H and O–H groups in total. The summed E-state index contributed by atoms with van der Waals surface area (Å²) in [6.07, 6.45) is 0.0169. The Morgan fingerprint density at radius 3 is 2.74 bits per heavy atom. The molecule has 0 unspecified atom stereocenters. The number of fused-ring (bicyclic) bond motifs is 2.